The first-order valence-corrected chi connectivity index (χ1v) is 8.39. The monoisotopic (exact) mass is 303 g/mol. The number of nitriles is 1. The molecule has 1 heterocycles. The number of alkyl halides is 3. The molecule has 0 bridgehead atoms. The molecule has 0 radical (unpaired) electrons. The van der Waals surface area contributed by atoms with Gasteiger partial charge in [-0.05, 0) is 6.42 Å². The molecule has 0 aromatic carbocycles. The highest BCUT2D eigenvalue weighted by molar-refractivity contribution is 7.92. The summed E-state index contributed by atoms with van der Waals surface area (Å²) in [6, 6.07) is 1.55. The summed E-state index contributed by atoms with van der Waals surface area (Å²) >= 11 is 0. The lowest BCUT2D eigenvalue weighted by Crippen LogP contribution is -2.32. The smallest absolute Gasteiger partial charge is 0.260 e. The van der Waals surface area contributed by atoms with E-state index in [2.05, 4.69) is 0 Å². The standard InChI is InChI=1S/C9H12F3NO3S2/c10-9(11,12)2-4-18(15,16)8(5-13)7-1-3-17(14)6-7/h7-8H,1-4,6H2. The minimum Gasteiger partial charge on any atom is -0.260 e. The summed E-state index contributed by atoms with van der Waals surface area (Å²) in [6.07, 6.45) is -5.72. The average molecular weight is 303 g/mol. The molecule has 0 N–H and O–H groups in total. The molecule has 1 saturated heterocycles. The highest BCUT2D eigenvalue weighted by Gasteiger charge is 2.39. The molecule has 1 rings (SSSR count). The van der Waals surface area contributed by atoms with Gasteiger partial charge >= 0.3 is 6.18 Å². The van der Waals surface area contributed by atoms with E-state index in [1.54, 1.807) is 6.07 Å². The molecule has 3 atom stereocenters. The molecule has 3 unspecified atom stereocenters. The van der Waals surface area contributed by atoms with Gasteiger partial charge in [0, 0.05) is 28.2 Å². The fraction of sp³-hybridized carbons (Fsp3) is 0.889. The summed E-state index contributed by atoms with van der Waals surface area (Å²) < 4.78 is 70.5. The lowest BCUT2D eigenvalue weighted by Gasteiger charge is -2.16. The summed E-state index contributed by atoms with van der Waals surface area (Å²) in [4.78, 5) is 0. The van der Waals surface area contributed by atoms with Crippen molar-refractivity contribution in [3.63, 3.8) is 0 Å². The highest BCUT2D eigenvalue weighted by Crippen LogP contribution is 2.27. The van der Waals surface area contributed by atoms with E-state index in [0.29, 0.717) is 12.2 Å². The lowest BCUT2D eigenvalue weighted by molar-refractivity contribution is -0.129. The normalized spacial score (nSPS) is 26.8. The largest absolute Gasteiger partial charge is 0.390 e. The lowest BCUT2D eigenvalue weighted by atomic mass is 10.1. The minimum atomic E-state index is -4.56. The van der Waals surface area contributed by atoms with Crippen LogP contribution in [0.3, 0.4) is 0 Å². The second-order valence-electron chi connectivity index (χ2n) is 4.14. The fourth-order valence-electron chi connectivity index (χ4n) is 1.79. The van der Waals surface area contributed by atoms with E-state index < -0.39 is 50.2 Å². The van der Waals surface area contributed by atoms with E-state index in [-0.39, 0.29) is 5.75 Å². The predicted molar refractivity (Wildman–Crippen MR) is 59.8 cm³/mol. The van der Waals surface area contributed by atoms with Gasteiger partial charge in [-0.25, -0.2) is 8.42 Å². The molecule has 9 heteroatoms. The van der Waals surface area contributed by atoms with E-state index in [1.807, 2.05) is 0 Å². The van der Waals surface area contributed by atoms with Crippen LogP contribution in [0.25, 0.3) is 0 Å². The highest BCUT2D eigenvalue weighted by atomic mass is 32.2. The third-order valence-electron chi connectivity index (χ3n) is 2.73. The van der Waals surface area contributed by atoms with Crippen LogP contribution in [0.2, 0.25) is 0 Å². The quantitative estimate of drug-likeness (QED) is 0.777. The van der Waals surface area contributed by atoms with Crippen molar-refractivity contribution in [1.29, 1.82) is 5.26 Å². The van der Waals surface area contributed by atoms with Crippen molar-refractivity contribution in [2.24, 2.45) is 5.92 Å². The molecule has 0 aliphatic carbocycles. The van der Waals surface area contributed by atoms with Gasteiger partial charge in [-0.2, -0.15) is 18.4 Å². The van der Waals surface area contributed by atoms with E-state index >= 15 is 0 Å². The van der Waals surface area contributed by atoms with Gasteiger partial charge in [0.15, 0.2) is 15.1 Å². The van der Waals surface area contributed by atoms with Gasteiger partial charge < -0.3 is 0 Å². The Balaban J connectivity index is 2.75. The third kappa shape index (κ3) is 4.24. The maximum atomic E-state index is 12.0. The van der Waals surface area contributed by atoms with Gasteiger partial charge in [0.1, 0.15) is 0 Å². The maximum Gasteiger partial charge on any atom is 0.390 e. The summed E-state index contributed by atoms with van der Waals surface area (Å²) in [7, 11) is -5.30. The van der Waals surface area contributed by atoms with Gasteiger partial charge in [-0.1, -0.05) is 0 Å². The molecular formula is C9H12F3NO3S2. The van der Waals surface area contributed by atoms with Crippen molar-refractivity contribution in [2.75, 3.05) is 17.3 Å². The van der Waals surface area contributed by atoms with Crippen LogP contribution in [0.15, 0.2) is 0 Å². The maximum absolute atomic E-state index is 12.0. The Hall–Kier alpha value is -0.620. The Kier molecular flexibility index (Phi) is 4.78. The van der Waals surface area contributed by atoms with Crippen LogP contribution in [0.1, 0.15) is 12.8 Å². The average Bonchev–Trinajstić information content (AvgIpc) is 2.62. The van der Waals surface area contributed by atoms with E-state index in [4.69, 9.17) is 5.26 Å². The number of hydrogen-bond acceptors (Lipinski definition) is 4. The van der Waals surface area contributed by atoms with Crippen LogP contribution in [0.4, 0.5) is 13.2 Å². The molecule has 0 spiro atoms. The van der Waals surface area contributed by atoms with Crippen molar-refractivity contribution in [3.8, 4) is 6.07 Å². The van der Waals surface area contributed by atoms with Crippen LogP contribution in [-0.4, -0.2) is 41.3 Å². The molecule has 4 nitrogen and oxygen atoms in total. The Morgan fingerprint density at radius 2 is 2.06 bits per heavy atom. The second-order valence-corrected chi connectivity index (χ2v) is 8.00. The predicted octanol–water partition coefficient (Wildman–Crippen LogP) is 1.01. The first-order valence-electron chi connectivity index (χ1n) is 5.18. The minimum absolute atomic E-state index is 0.0729. The van der Waals surface area contributed by atoms with Crippen LogP contribution in [-0.2, 0) is 20.6 Å². The van der Waals surface area contributed by atoms with Crippen molar-refractivity contribution >= 4 is 20.6 Å². The van der Waals surface area contributed by atoms with Crippen molar-refractivity contribution in [1.82, 2.24) is 0 Å². The summed E-state index contributed by atoms with van der Waals surface area (Å²) in [5.74, 6) is -1.33. The van der Waals surface area contributed by atoms with Crippen molar-refractivity contribution in [3.05, 3.63) is 0 Å². The van der Waals surface area contributed by atoms with Gasteiger partial charge in [-0.3, -0.25) is 4.21 Å². The number of hydrogen-bond donors (Lipinski definition) is 0. The van der Waals surface area contributed by atoms with Crippen molar-refractivity contribution in [2.45, 2.75) is 24.3 Å². The molecule has 0 saturated carbocycles. The Morgan fingerprint density at radius 3 is 2.44 bits per heavy atom. The molecule has 1 aliphatic rings. The SMILES string of the molecule is N#CC(C1CCS(=O)C1)S(=O)(=O)CCC(F)(F)F. The van der Waals surface area contributed by atoms with E-state index in [9.17, 15) is 25.8 Å². The number of sulfone groups is 1. The summed E-state index contributed by atoms with van der Waals surface area (Å²) in [6.45, 7) is 0. The zero-order chi connectivity index (χ0) is 14.0. The number of halogens is 3. The Bertz CT molecular complexity index is 466. The first-order chi connectivity index (χ1) is 8.15. The molecule has 1 fully saturated rings. The Morgan fingerprint density at radius 1 is 1.44 bits per heavy atom. The van der Waals surface area contributed by atoms with E-state index in [1.165, 1.54) is 0 Å². The zero-order valence-corrected chi connectivity index (χ0v) is 10.9. The van der Waals surface area contributed by atoms with Crippen LogP contribution in [0, 0.1) is 17.2 Å². The molecule has 104 valence electrons. The van der Waals surface area contributed by atoms with Gasteiger partial charge in [-0.15, -0.1) is 0 Å². The Labute approximate surface area is 106 Å². The van der Waals surface area contributed by atoms with Gasteiger partial charge in [0.25, 0.3) is 0 Å². The fourth-order valence-corrected chi connectivity index (χ4v) is 5.23. The second kappa shape index (κ2) is 5.57. The van der Waals surface area contributed by atoms with E-state index in [0.717, 1.165) is 0 Å². The van der Waals surface area contributed by atoms with Crippen LogP contribution < -0.4 is 0 Å². The molecule has 0 aromatic heterocycles. The molecule has 0 aromatic rings. The number of rotatable bonds is 4. The molecule has 18 heavy (non-hydrogen) atoms. The third-order valence-corrected chi connectivity index (χ3v) is 6.26. The van der Waals surface area contributed by atoms with Crippen LogP contribution >= 0.6 is 0 Å². The molecule has 0 amide bonds. The van der Waals surface area contributed by atoms with Crippen molar-refractivity contribution < 1.29 is 25.8 Å². The first kappa shape index (κ1) is 15.4. The molecular weight excluding hydrogens is 291 g/mol. The summed E-state index contributed by atoms with van der Waals surface area (Å²) in [5.41, 5.74) is 0. The summed E-state index contributed by atoms with van der Waals surface area (Å²) in [5, 5.41) is 7.35. The van der Waals surface area contributed by atoms with Gasteiger partial charge in [0.05, 0.1) is 18.2 Å². The van der Waals surface area contributed by atoms with Gasteiger partial charge in [0.2, 0.25) is 0 Å². The zero-order valence-electron chi connectivity index (χ0n) is 9.31. The topological polar surface area (TPSA) is 75.0 Å². The molecule has 1 aliphatic heterocycles. The van der Waals surface area contributed by atoms with Crippen LogP contribution in [0.5, 0.6) is 0 Å². The number of nitrogens with zero attached hydrogens (tertiary/aromatic N) is 1.